The van der Waals surface area contributed by atoms with Gasteiger partial charge in [-0.25, -0.2) is 0 Å². The monoisotopic (exact) mass is 329 g/mol. The van der Waals surface area contributed by atoms with E-state index in [-0.39, 0.29) is 24.0 Å². The first-order valence-corrected chi connectivity index (χ1v) is 6.30. The number of guanidine groups is 1. The molecule has 2 N–H and O–H groups in total. The zero-order chi connectivity index (χ0) is 9.52. The smallest absolute Gasteiger partial charge is 0.191 e. The quantitative estimate of drug-likeness (QED) is 0.349. The highest BCUT2D eigenvalue weighted by molar-refractivity contribution is 14.0. The Morgan fingerprint density at radius 1 is 1.50 bits per heavy atom. The molecule has 1 aliphatic rings. The third-order valence-corrected chi connectivity index (χ3v) is 2.42. The Balaban J connectivity index is 0.00000169. The van der Waals surface area contributed by atoms with E-state index in [0.717, 1.165) is 24.8 Å². The van der Waals surface area contributed by atoms with Gasteiger partial charge < -0.3 is 10.6 Å². The summed E-state index contributed by atoms with van der Waals surface area (Å²) in [4.78, 5) is 4.46. The van der Waals surface area contributed by atoms with Crippen LogP contribution < -0.4 is 10.6 Å². The average Bonchev–Trinajstić information content (AvgIpc) is 2.89. The largest absolute Gasteiger partial charge is 0.357 e. The molecular formula is C9H20IN3S. The standard InChI is InChI=1S/C9H19N3S.HI/c1-3-10-9(11-6-7-13-2)12-8-4-5-8;/h8H,3-7H2,1-2H3,(H2,10,11,12);1H. The van der Waals surface area contributed by atoms with Gasteiger partial charge >= 0.3 is 0 Å². The number of thioether (sulfide) groups is 1. The van der Waals surface area contributed by atoms with Crippen LogP contribution in [0.3, 0.4) is 0 Å². The minimum Gasteiger partial charge on any atom is -0.357 e. The van der Waals surface area contributed by atoms with Crippen molar-refractivity contribution in [3.63, 3.8) is 0 Å². The lowest BCUT2D eigenvalue weighted by Crippen LogP contribution is -2.38. The minimum absolute atomic E-state index is 0. The first-order valence-electron chi connectivity index (χ1n) is 4.90. The van der Waals surface area contributed by atoms with Crippen molar-refractivity contribution >= 4 is 41.7 Å². The van der Waals surface area contributed by atoms with Gasteiger partial charge in [-0.15, -0.1) is 24.0 Å². The zero-order valence-electron chi connectivity index (χ0n) is 8.88. The van der Waals surface area contributed by atoms with Crippen molar-refractivity contribution in [3.05, 3.63) is 0 Å². The van der Waals surface area contributed by atoms with Crippen molar-refractivity contribution in [1.82, 2.24) is 10.6 Å². The SMILES string of the molecule is CCNC(=NCCSC)NC1CC1.I. The molecule has 0 atom stereocenters. The van der Waals surface area contributed by atoms with E-state index >= 15 is 0 Å². The molecule has 84 valence electrons. The fourth-order valence-electron chi connectivity index (χ4n) is 0.990. The average molecular weight is 329 g/mol. The summed E-state index contributed by atoms with van der Waals surface area (Å²) in [6.07, 6.45) is 4.71. The Morgan fingerprint density at radius 3 is 2.71 bits per heavy atom. The summed E-state index contributed by atoms with van der Waals surface area (Å²) in [5.41, 5.74) is 0. The second-order valence-corrected chi connectivity index (χ2v) is 4.16. The lowest BCUT2D eigenvalue weighted by atomic mass is 10.6. The van der Waals surface area contributed by atoms with Gasteiger partial charge in [0.2, 0.25) is 0 Å². The summed E-state index contributed by atoms with van der Waals surface area (Å²) in [7, 11) is 0. The summed E-state index contributed by atoms with van der Waals surface area (Å²) in [6.45, 7) is 3.94. The van der Waals surface area contributed by atoms with E-state index in [2.05, 4.69) is 28.8 Å². The predicted molar refractivity (Wildman–Crippen MR) is 75.9 cm³/mol. The molecule has 0 heterocycles. The van der Waals surface area contributed by atoms with E-state index in [1.54, 1.807) is 0 Å². The molecule has 1 aliphatic carbocycles. The summed E-state index contributed by atoms with van der Waals surface area (Å²) >= 11 is 1.83. The van der Waals surface area contributed by atoms with Crippen molar-refractivity contribution in [3.8, 4) is 0 Å². The van der Waals surface area contributed by atoms with Crippen LogP contribution in [0.15, 0.2) is 4.99 Å². The lowest BCUT2D eigenvalue weighted by molar-refractivity contribution is 0.818. The summed E-state index contributed by atoms with van der Waals surface area (Å²) in [5, 5.41) is 6.62. The summed E-state index contributed by atoms with van der Waals surface area (Å²) in [6, 6.07) is 0.687. The van der Waals surface area contributed by atoms with Gasteiger partial charge in [-0.05, 0) is 26.0 Å². The molecule has 0 aromatic rings. The van der Waals surface area contributed by atoms with Crippen LogP contribution in [-0.2, 0) is 0 Å². The van der Waals surface area contributed by atoms with Crippen LogP contribution >= 0.6 is 35.7 Å². The maximum Gasteiger partial charge on any atom is 0.191 e. The van der Waals surface area contributed by atoms with E-state index in [4.69, 9.17) is 0 Å². The highest BCUT2D eigenvalue weighted by Gasteiger charge is 2.21. The molecular weight excluding hydrogens is 309 g/mol. The van der Waals surface area contributed by atoms with Crippen LogP contribution in [-0.4, -0.2) is 37.1 Å². The maximum atomic E-state index is 4.46. The Morgan fingerprint density at radius 2 is 2.21 bits per heavy atom. The van der Waals surface area contributed by atoms with E-state index in [1.165, 1.54) is 12.8 Å². The van der Waals surface area contributed by atoms with Crippen molar-refractivity contribution < 1.29 is 0 Å². The fourth-order valence-corrected chi connectivity index (χ4v) is 1.26. The van der Waals surface area contributed by atoms with Crippen molar-refractivity contribution in [2.75, 3.05) is 25.1 Å². The molecule has 0 aromatic heterocycles. The van der Waals surface area contributed by atoms with Crippen molar-refractivity contribution in [2.45, 2.75) is 25.8 Å². The second-order valence-electron chi connectivity index (χ2n) is 3.17. The van der Waals surface area contributed by atoms with Crippen LogP contribution in [0, 0.1) is 0 Å². The molecule has 14 heavy (non-hydrogen) atoms. The summed E-state index contributed by atoms with van der Waals surface area (Å²) in [5.74, 6) is 2.08. The third-order valence-electron chi connectivity index (χ3n) is 1.83. The second kappa shape index (κ2) is 8.64. The third kappa shape index (κ3) is 6.75. The lowest BCUT2D eigenvalue weighted by Gasteiger charge is -2.09. The molecule has 0 aliphatic heterocycles. The molecule has 1 fully saturated rings. The molecule has 0 aromatic carbocycles. The molecule has 0 spiro atoms. The number of halogens is 1. The number of nitrogens with one attached hydrogen (secondary N) is 2. The topological polar surface area (TPSA) is 36.4 Å². The maximum absolute atomic E-state index is 4.46. The van der Waals surface area contributed by atoms with E-state index in [0.29, 0.717) is 6.04 Å². The minimum atomic E-state index is 0. The van der Waals surface area contributed by atoms with Gasteiger partial charge in [0.15, 0.2) is 5.96 Å². The van der Waals surface area contributed by atoms with Gasteiger partial charge in [0.1, 0.15) is 0 Å². The van der Waals surface area contributed by atoms with Gasteiger partial charge in [-0.3, -0.25) is 4.99 Å². The Hall–Kier alpha value is 0.350. The number of hydrogen-bond acceptors (Lipinski definition) is 2. The van der Waals surface area contributed by atoms with E-state index in [1.807, 2.05) is 11.8 Å². The van der Waals surface area contributed by atoms with Crippen LogP contribution in [0.5, 0.6) is 0 Å². The number of hydrogen-bond donors (Lipinski definition) is 2. The molecule has 0 unspecified atom stereocenters. The first-order chi connectivity index (χ1) is 6.36. The van der Waals surface area contributed by atoms with Crippen LogP contribution in [0.4, 0.5) is 0 Å². The molecule has 1 saturated carbocycles. The van der Waals surface area contributed by atoms with Gasteiger partial charge in [-0.1, -0.05) is 0 Å². The Kier molecular flexibility index (Phi) is 8.86. The Bertz CT molecular complexity index is 171. The highest BCUT2D eigenvalue weighted by Crippen LogP contribution is 2.18. The van der Waals surface area contributed by atoms with Gasteiger partial charge in [-0.2, -0.15) is 11.8 Å². The fraction of sp³-hybridized carbons (Fsp3) is 0.889. The zero-order valence-corrected chi connectivity index (χ0v) is 12.0. The van der Waals surface area contributed by atoms with E-state index in [9.17, 15) is 0 Å². The highest BCUT2D eigenvalue weighted by atomic mass is 127. The number of nitrogens with zero attached hydrogens (tertiary/aromatic N) is 1. The van der Waals surface area contributed by atoms with Gasteiger partial charge in [0.05, 0.1) is 6.54 Å². The van der Waals surface area contributed by atoms with Crippen LogP contribution in [0.1, 0.15) is 19.8 Å². The normalized spacial score (nSPS) is 16.0. The first kappa shape index (κ1) is 14.3. The molecule has 0 amide bonds. The molecule has 1 rings (SSSR count). The molecule has 0 saturated heterocycles. The van der Waals surface area contributed by atoms with Crippen molar-refractivity contribution in [1.29, 1.82) is 0 Å². The van der Waals surface area contributed by atoms with Crippen molar-refractivity contribution in [2.24, 2.45) is 4.99 Å². The molecule has 3 nitrogen and oxygen atoms in total. The van der Waals surface area contributed by atoms with Gasteiger partial charge in [0.25, 0.3) is 0 Å². The molecule has 0 bridgehead atoms. The molecule has 5 heteroatoms. The Labute approximate surface area is 108 Å². The van der Waals surface area contributed by atoms with Gasteiger partial charge in [0, 0.05) is 18.3 Å². The number of aliphatic imine (C=N–C) groups is 1. The van der Waals surface area contributed by atoms with E-state index < -0.39 is 0 Å². The summed E-state index contributed by atoms with van der Waals surface area (Å²) < 4.78 is 0. The molecule has 0 radical (unpaired) electrons. The van der Waals surface area contributed by atoms with Crippen LogP contribution in [0.2, 0.25) is 0 Å². The van der Waals surface area contributed by atoms with Crippen LogP contribution in [0.25, 0.3) is 0 Å². The number of rotatable bonds is 5. The predicted octanol–water partition coefficient (Wildman–Crippen LogP) is 1.68.